The summed E-state index contributed by atoms with van der Waals surface area (Å²) in [4.78, 5) is 12.3. The third-order valence-electron chi connectivity index (χ3n) is 3.99. The number of para-hydroxylation sites is 1. The van der Waals surface area contributed by atoms with Crippen LogP contribution < -0.4 is 14.8 Å². The van der Waals surface area contributed by atoms with Crippen molar-refractivity contribution in [1.82, 2.24) is 14.9 Å². The maximum atomic E-state index is 12.4. The number of rotatable bonds is 8. The number of aromatic nitrogens is 2. The van der Waals surface area contributed by atoms with Crippen LogP contribution in [-0.4, -0.2) is 37.7 Å². The van der Waals surface area contributed by atoms with Crippen molar-refractivity contribution in [3.8, 4) is 5.75 Å². The molecule has 1 aromatic heterocycles. The summed E-state index contributed by atoms with van der Waals surface area (Å²) in [6.07, 6.45) is 0. The summed E-state index contributed by atoms with van der Waals surface area (Å²) >= 11 is 0.780. The lowest BCUT2D eigenvalue weighted by Crippen LogP contribution is -2.28. The van der Waals surface area contributed by atoms with Gasteiger partial charge in [0.15, 0.2) is 0 Å². The van der Waals surface area contributed by atoms with E-state index >= 15 is 0 Å². The number of benzene rings is 2. The molecule has 0 aliphatic carbocycles. The molecule has 1 amide bonds. The van der Waals surface area contributed by atoms with Crippen LogP contribution >= 0.6 is 11.3 Å². The average Bonchev–Trinajstić information content (AvgIpc) is 3.16. The van der Waals surface area contributed by atoms with Crippen molar-refractivity contribution >= 4 is 32.4 Å². The molecule has 2 N–H and O–H groups in total. The van der Waals surface area contributed by atoms with Gasteiger partial charge in [0.25, 0.3) is 15.9 Å². The topological polar surface area (TPSA) is 110 Å². The summed E-state index contributed by atoms with van der Waals surface area (Å²) in [6.45, 7) is 3.96. The van der Waals surface area contributed by atoms with Gasteiger partial charge in [-0.25, -0.2) is 13.1 Å². The number of hydrogen-bond acceptors (Lipinski definition) is 7. The van der Waals surface area contributed by atoms with Crippen LogP contribution in [0.1, 0.15) is 21.5 Å². The van der Waals surface area contributed by atoms with Gasteiger partial charge in [-0.3, -0.25) is 10.1 Å². The van der Waals surface area contributed by atoms with E-state index in [0.29, 0.717) is 11.3 Å². The standard InChI is InChI=1S/C19H20N4O4S2/c1-13-7-3-5-9-15(13)17(24)21-18-22-23-19(28-18)29(25,26)20-11-12-27-16-10-6-4-8-14(16)2/h3-10,20H,11-12H2,1-2H3,(H,21,22,24). The molecule has 0 fully saturated rings. The number of sulfonamides is 1. The molecule has 0 bridgehead atoms. The third kappa shape index (κ3) is 5.37. The van der Waals surface area contributed by atoms with E-state index in [1.807, 2.05) is 50.2 Å². The fourth-order valence-electron chi connectivity index (χ4n) is 2.48. The Morgan fingerprint density at radius 2 is 1.72 bits per heavy atom. The number of nitrogens with zero attached hydrogens (tertiary/aromatic N) is 2. The molecule has 3 rings (SSSR count). The van der Waals surface area contributed by atoms with E-state index in [-0.39, 0.29) is 28.5 Å². The molecule has 0 aliphatic heterocycles. The van der Waals surface area contributed by atoms with Crippen molar-refractivity contribution in [1.29, 1.82) is 0 Å². The summed E-state index contributed by atoms with van der Waals surface area (Å²) in [7, 11) is -3.85. The van der Waals surface area contributed by atoms with Gasteiger partial charge < -0.3 is 4.74 Å². The monoisotopic (exact) mass is 432 g/mol. The Balaban J connectivity index is 1.56. The first-order chi connectivity index (χ1) is 13.9. The van der Waals surface area contributed by atoms with Crippen LogP contribution in [0.4, 0.5) is 5.13 Å². The number of aryl methyl sites for hydroxylation is 2. The molecular weight excluding hydrogens is 412 g/mol. The molecule has 1 heterocycles. The van der Waals surface area contributed by atoms with Crippen LogP contribution in [0, 0.1) is 13.8 Å². The highest BCUT2D eigenvalue weighted by molar-refractivity contribution is 7.91. The largest absolute Gasteiger partial charge is 0.492 e. The third-order valence-corrected chi connectivity index (χ3v) is 6.66. The van der Waals surface area contributed by atoms with Gasteiger partial charge >= 0.3 is 0 Å². The molecule has 2 aromatic carbocycles. The molecule has 10 heteroatoms. The Hall–Kier alpha value is -2.82. The Kier molecular flexibility index (Phi) is 6.57. The van der Waals surface area contributed by atoms with Gasteiger partial charge in [-0.1, -0.05) is 47.7 Å². The summed E-state index contributed by atoms with van der Waals surface area (Å²) in [5.41, 5.74) is 2.25. The first-order valence-corrected chi connectivity index (χ1v) is 11.1. The highest BCUT2D eigenvalue weighted by atomic mass is 32.2. The highest BCUT2D eigenvalue weighted by Crippen LogP contribution is 2.21. The van der Waals surface area contributed by atoms with E-state index in [1.54, 1.807) is 12.1 Å². The zero-order valence-electron chi connectivity index (χ0n) is 15.9. The van der Waals surface area contributed by atoms with Gasteiger partial charge in [0.05, 0.1) is 0 Å². The number of anilines is 1. The number of carbonyl (C=O) groups is 1. The molecule has 0 aliphatic rings. The van der Waals surface area contributed by atoms with Crippen molar-refractivity contribution in [2.45, 2.75) is 18.2 Å². The fraction of sp³-hybridized carbons (Fsp3) is 0.211. The van der Waals surface area contributed by atoms with Crippen molar-refractivity contribution in [2.24, 2.45) is 0 Å². The summed E-state index contributed by atoms with van der Waals surface area (Å²) in [5, 5.41) is 10.1. The average molecular weight is 433 g/mol. The second-order valence-electron chi connectivity index (χ2n) is 6.15. The minimum absolute atomic E-state index is 0.0706. The molecule has 29 heavy (non-hydrogen) atoms. The summed E-state index contributed by atoms with van der Waals surface area (Å²) < 4.78 is 32.5. The number of carbonyl (C=O) groups excluding carboxylic acids is 1. The fourth-order valence-corrected chi connectivity index (χ4v) is 4.43. The van der Waals surface area contributed by atoms with Gasteiger partial charge in [0, 0.05) is 12.1 Å². The van der Waals surface area contributed by atoms with E-state index in [0.717, 1.165) is 22.5 Å². The predicted molar refractivity (Wildman–Crippen MR) is 111 cm³/mol. The molecule has 152 valence electrons. The molecule has 0 spiro atoms. The Morgan fingerprint density at radius 3 is 2.45 bits per heavy atom. The molecule has 0 unspecified atom stereocenters. The van der Waals surface area contributed by atoms with Crippen LogP contribution in [0.5, 0.6) is 5.75 Å². The molecule has 0 atom stereocenters. The Labute approximate surface area is 173 Å². The molecule has 0 radical (unpaired) electrons. The van der Waals surface area contributed by atoms with Crippen LogP contribution in [-0.2, 0) is 10.0 Å². The smallest absolute Gasteiger partial charge is 0.269 e. The number of nitrogens with one attached hydrogen (secondary N) is 2. The van der Waals surface area contributed by atoms with Crippen molar-refractivity contribution in [2.75, 3.05) is 18.5 Å². The van der Waals surface area contributed by atoms with Crippen molar-refractivity contribution < 1.29 is 17.9 Å². The predicted octanol–water partition coefficient (Wildman–Crippen LogP) is 2.76. The minimum Gasteiger partial charge on any atom is -0.492 e. The number of ether oxygens (including phenoxy) is 1. The lowest BCUT2D eigenvalue weighted by Gasteiger charge is -2.09. The maximum absolute atomic E-state index is 12.4. The van der Waals surface area contributed by atoms with Crippen LogP contribution in [0.3, 0.4) is 0 Å². The van der Waals surface area contributed by atoms with E-state index in [4.69, 9.17) is 4.74 Å². The van der Waals surface area contributed by atoms with Gasteiger partial charge in [-0.05, 0) is 37.1 Å². The maximum Gasteiger partial charge on any atom is 0.269 e. The second kappa shape index (κ2) is 9.12. The van der Waals surface area contributed by atoms with Crippen molar-refractivity contribution in [3.63, 3.8) is 0 Å². The van der Waals surface area contributed by atoms with Gasteiger partial charge in [0.2, 0.25) is 9.47 Å². The van der Waals surface area contributed by atoms with Gasteiger partial charge in [-0.2, -0.15) is 0 Å². The quantitative estimate of drug-likeness (QED) is 0.418. The van der Waals surface area contributed by atoms with Crippen molar-refractivity contribution in [3.05, 3.63) is 65.2 Å². The van der Waals surface area contributed by atoms with Crippen LogP contribution in [0.2, 0.25) is 0 Å². The van der Waals surface area contributed by atoms with E-state index in [9.17, 15) is 13.2 Å². The van der Waals surface area contributed by atoms with E-state index in [2.05, 4.69) is 20.2 Å². The highest BCUT2D eigenvalue weighted by Gasteiger charge is 2.21. The van der Waals surface area contributed by atoms with E-state index in [1.165, 1.54) is 0 Å². The van der Waals surface area contributed by atoms with Gasteiger partial charge in [0.1, 0.15) is 12.4 Å². The molecule has 0 saturated carbocycles. The molecule has 3 aromatic rings. The lowest BCUT2D eigenvalue weighted by molar-refractivity contribution is 0.102. The number of hydrogen-bond donors (Lipinski definition) is 2. The zero-order valence-corrected chi connectivity index (χ0v) is 17.5. The SMILES string of the molecule is Cc1ccccc1OCCNS(=O)(=O)c1nnc(NC(=O)c2ccccc2C)s1. The van der Waals surface area contributed by atoms with Gasteiger partial charge in [-0.15, -0.1) is 10.2 Å². The molecular formula is C19H20N4O4S2. The lowest BCUT2D eigenvalue weighted by atomic mass is 10.1. The Bertz CT molecular complexity index is 1110. The molecule has 8 nitrogen and oxygen atoms in total. The minimum atomic E-state index is -3.85. The number of amides is 1. The second-order valence-corrected chi connectivity index (χ2v) is 9.07. The summed E-state index contributed by atoms with van der Waals surface area (Å²) in [5.74, 6) is 0.326. The van der Waals surface area contributed by atoms with Crippen LogP contribution in [0.25, 0.3) is 0 Å². The first kappa shape index (κ1) is 20.9. The summed E-state index contributed by atoms with van der Waals surface area (Å²) in [6, 6.07) is 14.5. The Morgan fingerprint density at radius 1 is 1.03 bits per heavy atom. The zero-order chi connectivity index (χ0) is 20.9. The van der Waals surface area contributed by atoms with Crippen LogP contribution in [0.15, 0.2) is 52.9 Å². The first-order valence-electron chi connectivity index (χ1n) is 8.75. The van der Waals surface area contributed by atoms with E-state index < -0.39 is 10.0 Å². The molecule has 0 saturated heterocycles. The normalized spacial score (nSPS) is 11.2.